The Hall–Kier alpha value is -0.195. The number of thiol groups is 1. The van der Waals surface area contributed by atoms with Crippen LogP contribution in [0.25, 0.3) is 0 Å². The van der Waals surface area contributed by atoms with Crippen molar-refractivity contribution in [2.45, 2.75) is 0 Å². The molecule has 2 radical (unpaired) electrons. The zero-order valence-corrected chi connectivity index (χ0v) is 8.39. The van der Waals surface area contributed by atoms with E-state index in [1.165, 1.54) is 0 Å². The number of carbonyl (C=O) groups excluding carboxylic acids is 1. The molecule has 0 atom stereocenters. The summed E-state index contributed by atoms with van der Waals surface area (Å²) in [7, 11) is 5.08. The molecule has 6 heteroatoms. The van der Waals surface area contributed by atoms with Gasteiger partial charge in [0, 0.05) is 13.1 Å². The molecule has 4 nitrogen and oxygen atoms in total. The third kappa shape index (κ3) is 9.72. The molecule has 0 heterocycles. The second-order valence-electron chi connectivity index (χ2n) is 2.20. The van der Waals surface area contributed by atoms with Crippen molar-refractivity contribution in [3.05, 3.63) is 0 Å². The predicted octanol–water partition coefficient (Wildman–Crippen LogP) is -0.808. The van der Waals surface area contributed by atoms with Gasteiger partial charge in [0.2, 0.25) is 5.91 Å². The van der Waals surface area contributed by atoms with Crippen LogP contribution in [0.3, 0.4) is 0 Å². The summed E-state index contributed by atoms with van der Waals surface area (Å²) in [5.41, 5.74) is 0. The molecule has 0 aromatic heterocycles. The molecule has 0 bridgehead atoms. The van der Waals surface area contributed by atoms with E-state index < -0.39 is 0 Å². The molecule has 0 aliphatic heterocycles. The summed E-state index contributed by atoms with van der Waals surface area (Å²) in [6.07, 6.45) is 0. The van der Waals surface area contributed by atoms with Gasteiger partial charge in [0.1, 0.15) is 7.85 Å². The van der Waals surface area contributed by atoms with Gasteiger partial charge in [-0.15, -0.1) is 0 Å². The van der Waals surface area contributed by atoms with Crippen molar-refractivity contribution in [2.75, 3.05) is 38.6 Å². The summed E-state index contributed by atoms with van der Waals surface area (Å²) in [5.74, 6) is 0.112. The molecule has 0 saturated heterocycles. The number of rotatable bonds is 8. The number of carbonyl (C=O) groups is 1. The van der Waals surface area contributed by atoms with Crippen LogP contribution in [0.15, 0.2) is 0 Å². The molecule has 0 spiro atoms. The van der Waals surface area contributed by atoms with Crippen molar-refractivity contribution in [1.82, 2.24) is 5.32 Å². The standard InChI is InChI=1S/C7H14BNO3S/c8-6-12-4-3-11-2-1-9-7(10)5-13/h13H,1-6H2,(H,9,10). The number of hydrogen-bond acceptors (Lipinski definition) is 4. The third-order valence-corrected chi connectivity index (χ3v) is 1.49. The van der Waals surface area contributed by atoms with E-state index in [0.29, 0.717) is 26.4 Å². The van der Waals surface area contributed by atoms with E-state index in [-0.39, 0.29) is 18.2 Å². The minimum atomic E-state index is -0.0925. The molecule has 0 rings (SSSR count). The van der Waals surface area contributed by atoms with E-state index in [9.17, 15) is 4.79 Å². The van der Waals surface area contributed by atoms with E-state index in [0.717, 1.165) is 0 Å². The van der Waals surface area contributed by atoms with Gasteiger partial charge in [0.15, 0.2) is 0 Å². The van der Waals surface area contributed by atoms with E-state index in [2.05, 4.69) is 17.9 Å². The van der Waals surface area contributed by atoms with Crippen LogP contribution in [-0.2, 0) is 14.3 Å². The molecule has 0 aliphatic carbocycles. The Bertz CT molecular complexity index is 137. The van der Waals surface area contributed by atoms with Gasteiger partial charge in [-0.3, -0.25) is 4.79 Å². The molecular weight excluding hydrogens is 189 g/mol. The van der Waals surface area contributed by atoms with Crippen LogP contribution in [-0.4, -0.2) is 52.4 Å². The smallest absolute Gasteiger partial charge is 0.229 e. The highest BCUT2D eigenvalue weighted by molar-refractivity contribution is 7.81. The Morgan fingerprint density at radius 2 is 2.00 bits per heavy atom. The molecule has 0 aromatic carbocycles. The van der Waals surface area contributed by atoms with E-state index in [4.69, 9.17) is 17.3 Å². The van der Waals surface area contributed by atoms with Gasteiger partial charge in [-0.1, -0.05) is 0 Å². The summed E-state index contributed by atoms with van der Waals surface area (Å²) in [6.45, 7) is 2.17. The first-order chi connectivity index (χ1) is 6.31. The van der Waals surface area contributed by atoms with Crippen molar-refractivity contribution < 1.29 is 14.3 Å². The number of nitrogens with one attached hydrogen (secondary N) is 1. The van der Waals surface area contributed by atoms with Crippen LogP contribution in [0.2, 0.25) is 0 Å². The van der Waals surface area contributed by atoms with Crippen molar-refractivity contribution in [1.29, 1.82) is 0 Å². The quantitative estimate of drug-likeness (QED) is 0.308. The van der Waals surface area contributed by atoms with Crippen LogP contribution < -0.4 is 5.32 Å². The summed E-state index contributed by atoms with van der Waals surface area (Å²) in [6, 6.07) is 0. The Morgan fingerprint density at radius 1 is 1.31 bits per heavy atom. The van der Waals surface area contributed by atoms with E-state index >= 15 is 0 Å². The van der Waals surface area contributed by atoms with Gasteiger partial charge >= 0.3 is 0 Å². The topological polar surface area (TPSA) is 47.6 Å². The van der Waals surface area contributed by atoms with E-state index in [1.807, 2.05) is 0 Å². The monoisotopic (exact) mass is 203 g/mol. The number of hydrogen-bond donors (Lipinski definition) is 2. The first-order valence-electron chi connectivity index (χ1n) is 4.04. The lowest BCUT2D eigenvalue weighted by molar-refractivity contribution is -0.118. The molecule has 13 heavy (non-hydrogen) atoms. The molecule has 0 saturated carbocycles. The SMILES string of the molecule is [B]COCCOCCNC(=O)CS. The van der Waals surface area contributed by atoms with Crippen LogP contribution >= 0.6 is 12.6 Å². The first kappa shape index (κ1) is 12.8. The lowest BCUT2D eigenvalue weighted by Gasteiger charge is -2.05. The van der Waals surface area contributed by atoms with Crippen molar-refractivity contribution >= 4 is 26.4 Å². The zero-order chi connectivity index (χ0) is 9.94. The van der Waals surface area contributed by atoms with Gasteiger partial charge in [0.05, 0.1) is 25.6 Å². The zero-order valence-electron chi connectivity index (χ0n) is 7.49. The minimum absolute atomic E-state index is 0.0925. The number of amides is 1. The molecule has 1 amide bonds. The normalized spacial score (nSPS) is 9.92. The Morgan fingerprint density at radius 3 is 2.62 bits per heavy atom. The van der Waals surface area contributed by atoms with Crippen molar-refractivity contribution in [3.63, 3.8) is 0 Å². The van der Waals surface area contributed by atoms with Gasteiger partial charge in [-0.25, -0.2) is 0 Å². The summed E-state index contributed by atoms with van der Waals surface area (Å²) < 4.78 is 9.95. The van der Waals surface area contributed by atoms with Crippen molar-refractivity contribution in [2.24, 2.45) is 0 Å². The van der Waals surface area contributed by atoms with Crippen molar-refractivity contribution in [3.8, 4) is 0 Å². The summed E-state index contributed by atoms with van der Waals surface area (Å²) in [5, 5.41) is 2.62. The largest absolute Gasteiger partial charge is 0.389 e. The van der Waals surface area contributed by atoms with Crippen LogP contribution in [0, 0.1) is 0 Å². The highest BCUT2D eigenvalue weighted by Crippen LogP contribution is 1.77. The maximum Gasteiger partial charge on any atom is 0.229 e. The maximum atomic E-state index is 10.7. The lowest BCUT2D eigenvalue weighted by atomic mass is 10.2. The fourth-order valence-corrected chi connectivity index (χ4v) is 0.734. The first-order valence-corrected chi connectivity index (χ1v) is 4.67. The fraction of sp³-hybridized carbons (Fsp3) is 0.857. The number of ether oxygens (including phenoxy) is 2. The van der Waals surface area contributed by atoms with Gasteiger partial charge < -0.3 is 14.8 Å². The molecule has 74 valence electrons. The average molecular weight is 203 g/mol. The molecule has 0 aliphatic rings. The molecule has 0 fully saturated rings. The molecule has 0 unspecified atom stereocenters. The van der Waals surface area contributed by atoms with Gasteiger partial charge in [-0.2, -0.15) is 12.6 Å². The summed E-state index contributed by atoms with van der Waals surface area (Å²) in [4.78, 5) is 10.7. The van der Waals surface area contributed by atoms with Crippen LogP contribution in [0.4, 0.5) is 0 Å². The van der Waals surface area contributed by atoms with Crippen LogP contribution in [0.5, 0.6) is 0 Å². The fourth-order valence-electron chi connectivity index (χ4n) is 0.622. The highest BCUT2D eigenvalue weighted by atomic mass is 32.1. The predicted molar refractivity (Wildman–Crippen MR) is 54.3 cm³/mol. The van der Waals surface area contributed by atoms with Gasteiger partial charge in [0.25, 0.3) is 0 Å². The lowest BCUT2D eigenvalue weighted by Crippen LogP contribution is -2.28. The molecule has 0 aromatic rings. The summed E-state index contributed by atoms with van der Waals surface area (Å²) >= 11 is 3.80. The van der Waals surface area contributed by atoms with Crippen LogP contribution in [0.1, 0.15) is 0 Å². The maximum absolute atomic E-state index is 10.7. The average Bonchev–Trinajstić information content (AvgIpc) is 2.16. The second kappa shape index (κ2) is 9.89. The van der Waals surface area contributed by atoms with E-state index in [1.54, 1.807) is 0 Å². The second-order valence-corrected chi connectivity index (χ2v) is 2.51. The Balaban J connectivity index is 2.95. The Labute approximate surface area is 85.2 Å². The molecule has 1 N–H and O–H groups in total. The Kier molecular flexibility index (Phi) is 9.74. The van der Waals surface area contributed by atoms with Gasteiger partial charge in [-0.05, 0) is 0 Å². The third-order valence-electron chi connectivity index (χ3n) is 1.20. The highest BCUT2D eigenvalue weighted by Gasteiger charge is 1.94. The minimum Gasteiger partial charge on any atom is -0.389 e. The molecular formula is C7H14BNO3S.